The van der Waals surface area contributed by atoms with Gasteiger partial charge >= 0.3 is 6.18 Å². The molecule has 1 heterocycles. The van der Waals surface area contributed by atoms with Crippen LogP contribution in [-0.4, -0.2) is 41.9 Å². The lowest BCUT2D eigenvalue weighted by Crippen LogP contribution is -2.48. The topological polar surface area (TPSA) is 23.6 Å². The van der Waals surface area contributed by atoms with Gasteiger partial charge < -0.3 is 4.90 Å². The molecule has 1 aliphatic rings. The third-order valence-corrected chi connectivity index (χ3v) is 4.39. The molecule has 138 valence electrons. The molecule has 26 heavy (non-hydrogen) atoms. The number of carbonyl (C=O) groups is 1. The summed E-state index contributed by atoms with van der Waals surface area (Å²) < 4.78 is 51.6. The molecule has 3 rings (SSSR count). The molecule has 1 aliphatic heterocycles. The van der Waals surface area contributed by atoms with Gasteiger partial charge in [-0.05, 0) is 29.8 Å². The average Bonchev–Trinajstić information content (AvgIpc) is 2.61. The third-order valence-electron chi connectivity index (χ3n) is 4.39. The molecule has 0 aliphatic carbocycles. The monoisotopic (exact) mass is 366 g/mol. The van der Waals surface area contributed by atoms with E-state index in [2.05, 4.69) is 0 Å². The molecular formula is C19H18F4N2O. The van der Waals surface area contributed by atoms with Crippen LogP contribution in [0.3, 0.4) is 0 Å². The van der Waals surface area contributed by atoms with Crippen molar-refractivity contribution in [1.82, 2.24) is 9.80 Å². The highest BCUT2D eigenvalue weighted by atomic mass is 19.4. The van der Waals surface area contributed by atoms with Gasteiger partial charge in [0.05, 0.1) is 5.56 Å². The van der Waals surface area contributed by atoms with Gasteiger partial charge in [0.15, 0.2) is 0 Å². The number of piperazine rings is 1. The number of benzene rings is 2. The summed E-state index contributed by atoms with van der Waals surface area (Å²) in [5, 5.41) is 0. The Morgan fingerprint density at radius 1 is 0.962 bits per heavy atom. The predicted octanol–water partition coefficient (Wildman–Crippen LogP) is 3.80. The minimum absolute atomic E-state index is 0.233. The Morgan fingerprint density at radius 3 is 2.31 bits per heavy atom. The van der Waals surface area contributed by atoms with Gasteiger partial charge in [-0.2, -0.15) is 13.2 Å². The normalized spacial score (nSPS) is 15.9. The maximum absolute atomic E-state index is 13.3. The molecule has 1 amide bonds. The zero-order chi connectivity index (χ0) is 18.7. The van der Waals surface area contributed by atoms with E-state index < -0.39 is 17.6 Å². The van der Waals surface area contributed by atoms with Gasteiger partial charge in [0.25, 0.3) is 5.91 Å². The highest BCUT2D eigenvalue weighted by molar-refractivity contribution is 5.94. The van der Waals surface area contributed by atoms with Crippen LogP contribution in [0.5, 0.6) is 0 Å². The first kappa shape index (κ1) is 18.4. The van der Waals surface area contributed by atoms with Gasteiger partial charge in [0, 0.05) is 38.3 Å². The molecule has 1 saturated heterocycles. The summed E-state index contributed by atoms with van der Waals surface area (Å²) >= 11 is 0. The van der Waals surface area contributed by atoms with Crippen LogP contribution in [-0.2, 0) is 12.7 Å². The molecule has 0 radical (unpaired) electrons. The lowest BCUT2D eigenvalue weighted by atomic mass is 10.1. The molecule has 0 spiro atoms. The van der Waals surface area contributed by atoms with E-state index in [0.29, 0.717) is 43.9 Å². The van der Waals surface area contributed by atoms with Crippen LogP contribution in [0.25, 0.3) is 0 Å². The molecule has 3 nitrogen and oxygen atoms in total. The third kappa shape index (κ3) is 4.40. The molecule has 0 aromatic heterocycles. The number of halogens is 4. The summed E-state index contributed by atoms with van der Waals surface area (Å²) in [6.07, 6.45) is -4.36. The lowest BCUT2D eigenvalue weighted by Gasteiger charge is -2.34. The predicted molar refractivity (Wildman–Crippen MR) is 89.0 cm³/mol. The van der Waals surface area contributed by atoms with Crippen LogP contribution < -0.4 is 0 Å². The Labute approximate surface area is 148 Å². The van der Waals surface area contributed by atoms with Crippen LogP contribution in [0.15, 0.2) is 48.5 Å². The van der Waals surface area contributed by atoms with Gasteiger partial charge in [0.2, 0.25) is 0 Å². The van der Waals surface area contributed by atoms with E-state index in [4.69, 9.17) is 0 Å². The van der Waals surface area contributed by atoms with Crippen LogP contribution in [0.4, 0.5) is 17.6 Å². The second-order valence-electron chi connectivity index (χ2n) is 6.28. The fourth-order valence-electron chi connectivity index (χ4n) is 3.02. The number of amides is 1. The Balaban J connectivity index is 1.58. The Kier molecular flexibility index (Phi) is 5.27. The van der Waals surface area contributed by atoms with Gasteiger partial charge in [-0.25, -0.2) is 4.39 Å². The maximum Gasteiger partial charge on any atom is 0.416 e. The quantitative estimate of drug-likeness (QED) is 0.772. The number of rotatable bonds is 3. The number of carbonyl (C=O) groups excluding carboxylic acids is 1. The zero-order valence-electron chi connectivity index (χ0n) is 14.0. The van der Waals surface area contributed by atoms with Crippen LogP contribution in [0, 0.1) is 5.82 Å². The van der Waals surface area contributed by atoms with E-state index in [-0.39, 0.29) is 5.91 Å². The fraction of sp³-hybridized carbons (Fsp3) is 0.316. The number of alkyl halides is 3. The smallest absolute Gasteiger partial charge is 0.336 e. The van der Waals surface area contributed by atoms with Crippen molar-refractivity contribution in [2.24, 2.45) is 0 Å². The van der Waals surface area contributed by atoms with Crippen molar-refractivity contribution in [1.29, 1.82) is 0 Å². The molecule has 0 unspecified atom stereocenters. The fourth-order valence-corrected chi connectivity index (χ4v) is 3.02. The first-order valence-corrected chi connectivity index (χ1v) is 8.26. The molecule has 7 heteroatoms. The van der Waals surface area contributed by atoms with E-state index in [1.54, 1.807) is 17.0 Å². The van der Waals surface area contributed by atoms with Crippen molar-refractivity contribution >= 4 is 5.91 Å². The summed E-state index contributed by atoms with van der Waals surface area (Å²) in [5.41, 5.74) is 0.232. The molecule has 0 saturated carbocycles. The first-order chi connectivity index (χ1) is 12.3. The van der Waals surface area contributed by atoms with Gasteiger partial charge in [-0.1, -0.05) is 24.3 Å². The van der Waals surface area contributed by atoms with Crippen LogP contribution >= 0.6 is 0 Å². The molecule has 2 aromatic rings. The second kappa shape index (κ2) is 7.45. The summed E-state index contributed by atoms with van der Waals surface area (Å²) in [7, 11) is 0. The highest BCUT2D eigenvalue weighted by Crippen LogP contribution is 2.29. The summed E-state index contributed by atoms with van der Waals surface area (Å²) in [6.45, 7) is 2.41. The van der Waals surface area contributed by atoms with Crippen molar-refractivity contribution in [2.75, 3.05) is 26.2 Å². The largest absolute Gasteiger partial charge is 0.416 e. The van der Waals surface area contributed by atoms with Gasteiger partial charge in [0.1, 0.15) is 5.82 Å². The highest BCUT2D eigenvalue weighted by Gasteiger charge is 2.30. The molecular weight excluding hydrogens is 348 g/mol. The van der Waals surface area contributed by atoms with Gasteiger partial charge in [-0.15, -0.1) is 0 Å². The van der Waals surface area contributed by atoms with Crippen LogP contribution in [0.2, 0.25) is 0 Å². The van der Waals surface area contributed by atoms with E-state index in [0.717, 1.165) is 12.1 Å². The molecule has 0 N–H and O–H groups in total. The van der Waals surface area contributed by atoms with E-state index >= 15 is 0 Å². The minimum atomic E-state index is -4.36. The maximum atomic E-state index is 13.3. The Bertz CT molecular complexity index is 783. The van der Waals surface area contributed by atoms with Crippen LogP contribution in [0.1, 0.15) is 21.5 Å². The van der Waals surface area contributed by atoms with Crippen molar-refractivity contribution in [3.05, 3.63) is 71.0 Å². The molecule has 0 bridgehead atoms. The van der Waals surface area contributed by atoms with E-state index in [9.17, 15) is 22.4 Å². The number of hydrogen-bond acceptors (Lipinski definition) is 2. The molecule has 0 atom stereocenters. The van der Waals surface area contributed by atoms with Crippen molar-refractivity contribution in [3.63, 3.8) is 0 Å². The standard InChI is InChI=1S/C19H18F4N2O/c20-17-6-2-4-15(12-17)18(26)25-9-7-24(8-10-25)13-14-3-1-5-16(11-14)19(21,22)23/h1-6,11-12H,7-10,13H2. The Morgan fingerprint density at radius 2 is 1.65 bits per heavy atom. The molecule has 2 aromatic carbocycles. The number of hydrogen-bond donors (Lipinski definition) is 0. The second-order valence-corrected chi connectivity index (χ2v) is 6.28. The summed E-state index contributed by atoms with van der Waals surface area (Å²) in [5.74, 6) is -0.692. The van der Waals surface area contributed by atoms with Crippen molar-refractivity contribution < 1.29 is 22.4 Å². The van der Waals surface area contributed by atoms with Crippen molar-refractivity contribution in [2.45, 2.75) is 12.7 Å². The first-order valence-electron chi connectivity index (χ1n) is 8.26. The van der Waals surface area contributed by atoms with Gasteiger partial charge in [-0.3, -0.25) is 9.69 Å². The minimum Gasteiger partial charge on any atom is -0.336 e. The SMILES string of the molecule is O=C(c1cccc(F)c1)N1CCN(Cc2cccc(C(F)(F)F)c2)CC1. The number of nitrogens with zero attached hydrogens (tertiary/aromatic N) is 2. The van der Waals surface area contributed by atoms with Crippen molar-refractivity contribution in [3.8, 4) is 0 Å². The molecule has 1 fully saturated rings. The lowest BCUT2D eigenvalue weighted by molar-refractivity contribution is -0.137. The summed E-state index contributed by atoms with van der Waals surface area (Å²) in [4.78, 5) is 16.0. The summed E-state index contributed by atoms with van der Waals surface area (Å²) in [6, 6.07) is 10.8. The average molecular weight is 366 g/mol. The van der Waals surface area contributed by atoms with E-state index in [1.165, 1.54) is 24.3 Å². The Hall–Kier alpha value is -2.41. The van der Waals surface area contributed by atoms with E-state index in [1.807, 2.05) is 4.90 Å². The zero-order valence-corrected chi connectivity index (χ0v) is 14.0.